The van der Waals surface area contributed by atoms with Crippen LogP contribution in [-0.2, 0) is 11.3 Å². The molecule has 0 bridgehead atoms. The minimum absolute atomic E-state index is 0.174. The van der Waals surface area contributed by atoms with Crippen molar-refractivity contribution in [1.82, 2.24) is 4.90 Å². The van der Waals surface area contributed by atoms with Crippen LogP contribution in [0.15, 0.2) is 48.5 Å². The normalized spacial score (nSPS) is 20.4. The smallest absolute Gasteiger partial charge is 0.308 e. The fourth-order valence-electron chi connectivity index (χ4n) is 3.64. The maximum Gasteiger partial charge on any atom is 0.308 e. The fraction of sp³-hybridized carbons (Fsp3) is 0.350. The lowest BCUT2D eigenvalue weighted by Crippen LogP contribution is -2.23. The van der Waals surface area contributed by atoms with E-state index in [1.54, 1.807) is 14.2 Å². The summed E-state index contributed by atoms with van der Waals surface area (Å²) in [6.07, 6.45) is 0. The Kier molecular flexibility index (Phi) is 5.24. The van der Waals surface area contributed by atoms with E-state index in [2.05, 4.69) is 17.0 Å². The maximum atomic E-state index is 11.9. The van der Waals surface area contributed by atoms with Crippen molar-refractivity contribution >= 4 is 5.97 Å². The number of carboxylic acid groups (broad SMARTS) is 1. The van der Waals surface area contributed by atoms with E-state index in [1.165, 1.54) is 5.56 Å². The number of aliphatic carboxylic acids is 1. The number of nitrogens with zero attached hydrogens (tertiary/aromatic N) is 1. The van der Waals surface area contributed by atoms with Gasteiger partial charge in [0, 0.05) is 31.1 Å². The highest BCUT2D eigenvalue weighted by atomic mass is 16.5. The van der Waals surface area contributed by atoms with E-state index in [0.717, 1.165) is 12.1 Å². The van der Waals surface area contributed by atoms with Gasteiger partial charge in [0.2, 0.25) is 0 Å². The molecule has 1 aliphatic rings. The molecule has 2 atom stereocenters. The Morgan fingerprint density at radius 1 is 1.04 bits per heavy atom. The zero-order valence-corrected chi connectivity index (χ0v) is 14.5. The molecular weight excluding hydrogens is 318 g/mol. The number of carboxylic acids is 1. The minimum atomic E-state index is -0.784. The van der Waals surface area contributed by atoms with Crippen molar-refractivity contribution < 1.29 is 19.4 Å². The Bertz CT molecular complexity index is 709. The topological polar surface area (TPSA) is 59.0 Å². The molecule has 0 amide bonds. The number of benzene rings is 2. The fourth-order valence-corrected chi connectivity index (χ4v) is 3.64. The van der Waals surface area contributed by atoms with Gasteiger partial charge < -0.3 is 14.6 Å². The molecule has 0 spiro atoms. The number of rotatable bonds is 6. The average molecular weight is 341 g/mol. The van der Waals surface area contributed by atoms with Crippen LogP contribution < -0.4 is 9.47 Å². The van der Waals surface area contributed by atoms with Crippen molar-refractivity contribution in [3.8, 4) is 11.5 Å². The van der Waals surface area contributed by atoms with Gasteiger partial charge in [-0.1, -0.05) is 36.4 Å². The summed E-state index contributed by atoms with van der Waals surface area (Å²) in [6.45, 7) is 1.90. The quantitative estimate of drug-likeness (QED) is 0.875. The Morgan fingerprint density at radius 2 is 1.68 bits per heavy atom. The third-order valence-electron chi connectivity index (χ3n) is 4.80. The molecule has 3 rings (SSSR count). The van der Waals surface area contributed by atoms with E-state index in [-0.39, 0.29) is 5.92 Å². The van der Waals surface area contributed by atoms with Crippen LogP contribution in [0, 0.1) is 5.92 Å². The lowest BCUT2D eigenvalue weighted by Gasteiger charge is -2.21. The molecule has 1 N–H and O–H groups in total. The number of methoxy groups -OCH3 is 2. The third-order valence-corrected chi connectivity index (χ3v) is 4.80. The Hall–Kier alpha value is -2.53. The van der Waals surface area contributed by atoms with Gasteiger partial charge >= 0.3 is 5.97 Å². The second-order valence-corrected chi connectivity index (χ2v) is 6.31. The maximum absolute atomic E-state index is 11.9. The molecule has 25 heavy (non-hydrogen) atoms. The number of hydrogen-bond donors (Lipinski definition) is 1. The van der Waals surface area contributed by atoms with Crippen LogP contribution in [-0.4, -0.2) is 43.3 Å². The summed E-state index contributed by atoms with van der Waals surface area (Å²) in [5.41, 5.74) is 2.02. The van der Waals surface area contributed by atoms with Crippen molar-refractivity contribution in [2.75, 3.05) is 27.3 Å². The zero-order valence-electron chi connectivity index (χ0n) is 14.5. The van der Waals surface area contributed by atoms with E-state index in [4.69, 9.17) is 9.47 Å². The van der Waals surface area contributed by atoms with E-state index < -0.39 is 11.9 Å². The first kappa shape index (κ1) is 17.3. The summed E-state index contributed by atoms with van der Waals surface area (Å²) in [5, 5.41) is 9.75. The molecule has 1 aliphatic heterocycles. The van der Waals surface area contributed by atoms with E-state index in [1.807, 2.05) is 36.4 Å². The summed E-state index contributed by atoms with van der Waals surface area (Å²) < 4.78 is 11.0. The largest absolute Gasteiger partial charge is 0.496 e. The van der Waals surface area contributed by atoms with Gasteiger partial charge in [0.25, 0.3) is 0 Å². The molecule has 5 heteroatoms. The predicted octanol–water partition coefficient (Wildman–Crippen LogP) is 3.00. The molecule has 0 saturated carbocycles. The number of ether oxygens (including phenoxy) is 2. The van der Waals surface area contributed by atoms with Crippen molar-refractivity contribution in [3.05, 3.63) is 59.7 Å². The molecule has 0 radical (unpaired) electrons. The average Bonchev–Trinajstić information content (AvgIpc) is 3.05. The summed E-state index contributed by atoms with van der Waals surface area (Å²) in [6, 6.07) is 15.7. The molecule has 5 nitrogen and oxygen atoms in total. The van der Waals surface area contributed by atoms with Gasteiger partial charge in [0.15, 0.2) is 0 Å². The Balaban J connectivity index is 1.91. The SMILES string of the molecule is COc1cccc(OC)c1C1CN(Cc2ccccc2)CC1C(=O)O. The van der Waals surface area contributed by atoms with Gasteiger partial charge in [-0.2, -0.15) is 0 Å². The molecule has 2 aromatic rings. The van der Waals surface area contributed by atoms with Crippen LogP contribution in [0.2, 0.25) is 0 Å². The van der Waals surface area contributed by atoms with Crippen LogP contribution >= 0.6 is 0 Å². The summed E-state index contributed by atoms with van der Waals surface area (Å²) in [4.78, 5) is 14.1. The first-order chi connectivity index (χ1) is 12.1. The molecular formula is C20H23NO4. The first-order valence-electron chi connectivity index (χ1n) is 8.34. The molecule has 2 unspecified atom stereocenters. The molecule has 132 valence electrons. The van der Waals surface area contributed by atoms with E-state index >= 15 is 0 Å². The van der Waals surface area contributed by atoms with Crippen LogP contribution in [0.1, 0.15) is 17.0 Å². The second kappa shape index (κ2) is 7.57. The van der Waals surface area contributed by atoms with Crippen LogP contribution in [0.3, 0.4) is 0 Å². The van der Waals surface area contributed by atoms with E-state index in [0.29, 0.717) is 24.6 Å². The summed E-state index contributed by atoms with van der Waals surface area (Å²) >= 11 is 0. The zero-order chi connectivity index (χ0) is 17.8. The summed E-state index contributed by atoms with van der Waals surface area (Å²) in [7, 11) is 3.20. The molecule has 0 aliphatic carbocycles. The lowest BCUT2D eigenvalue weighted by molar-refractivity contribution is -0.141. The van der Waals surface area contributed by atoms with Gasteiger partial charge in [0.1, 0.15) is 11.5 Å². The molecule has 0 aromatic heterocycles. The Labute approximate surface area is 147 Å². The van der Waals surface area contributed by atoms with Gasteiger partial charge in [-0.15, -0.1) is 0 Å². The predicted molar refractivity (Wildman–Crippen MR) is 95.1 cm³/mol. The van der Waals surface area contributed by atoms with Gasteiger partial charge in [0.05, 0.1) is 20.1 Å². The van der Waals surface area contributed by atoms with Crippen molar-refractivity contribution in [3.63, 3.8) is 0 Å². The number of hydrogen-bond acceptors (Lipinski definition) is 4. The van der Waals surface area contributed by atoms with Crippen LogP contribution in [0.5, 0.6) is 11.5 Å². The Morgan fingerprint density at radius 3 is 2.24 bits per heavy atom. The molecule has 1 heterocycles. The van der Waals surface area contributed by atoms with Crippen molar-refractivity contribution in [2.24, 2.45) is 5.92 Å². The van der Waals surface area contributed by atoms with Gasteiger partial charge in [-0.3, -0.25) is 9.69 Å². The van der Waals surface area contributed by atoms with Gasteiger partial charge in [-0.05, 0) is 17.7 Å². The number of likely N-dealkylation sites (tertiary alicyclic amines) is 1. The van der Waals surface area contributed by atoms with Crippen molar-refractivity contribution in [1.29, 1.82) is 0 Å². The van der Waals surface area contributed by atoms with Crippen LogP contribution in [0.25, 0.3) is 0 Å². The highest BCUT2D eigenvalue weighted by Crippen LogP contribution is 2.43. The first-order valence-corrected chi connectivity index (χ1v) is 8.34. The van der Waals surface area contributed by atoms with E-state index in [9.17, 15) is 9.90 Å². The van der Waals surface area contributed by atoms with Crippen molar-refractivity contribution in [2.45, 2.75) is 12.5 Å². The molecule has 1 saturated heterocycles. The molecule has 2 aromatic carbocycles. The minimum Gasteiger partial charge on any atom is -0.496 e. The standard InChI is InChI=1S/C20H23NO4/c1-24-17-9-6-10-18(25-2)19(17)15-12-21(13-16(15)20(22)23)11-14-7-4-3-5-8-14/h3-10,15-16H,11-13H2,1-2H3,(H,22,23). The van der Waals surface area contributed by atoms with Crippen LogP contribution in [0.4, 0.5) is 0 Å². The highest BCUT2D eigenvalue weighted by Gasteiger charge is 2.41. The summed E-state index contributed by atoms with van der Waals surface area (Å²) in [5.74, 6) is -0.0935. The monoisotopic (exact) mass is 341 g/mol. The number of carbonyl (C=O) groups is 1. The van der Waals surface area contributed by atoms with Gasteiger partial charge in [-0.25, -0.2) is 0 Å². The highest BCUT2D eigenvalue weighted by molar-refractivity contribution is 5.73. The molecule has 1 fully saturated rings. The second-order valence-electron chi connectivity index (χ2n) is 6.31. The third kappa shape index (κ3) is 3.61. The lowest BCUT2D eigenvalue weighted by atomic mass is 9.87.